The Kier molecular flexibility index (Phi) is 7.46. The summed E-state index contributed by atoms with van der Waals surface area (Å²) in [7, 11) is 1.65. The molecule has 1 aliphatic rings. The maximum absolute atomic E-state index is 12.5. The lowest BCUT2D eigenvalue weighted by molar-refractivity contribution is 0.101. The number of rotatable bonds is 7. The van der Waals surface area contributed by atoms with E-state index in [1.807, 2.05) is 32.0 Å². The van der Waals surface area contributed by atoms with Crippen molar-refractivity contribution in [2.75, 3.05) is 33.3 Å². The molecule has 0 spiro atoms. The number of nitrogens with zero attached hydrogens (tertiary/aromatic N) is 3. The third kappa shape index (κ3) is 6.18. The molecular weight excluding hydrogens is 398 g/mol. The molecule has 0 atom stereocenters. The lowest BCUT2D eigenvalue weighted by Gasteiger charge is -2.34. The highest BCUT2D eigenvalue weighted by Gasteiger charge is 2.23. The first-order chi connectivity index (χ1) is 14.9. The van der Waals surface area contributed by atoms with Crippen molar-refractivity contribution >= 4 is 11.9 Å². The van der Waals surface area contributed by atoms with Crippen LogP contribution in [0.4, 0.5) is 4.79 Å². The van der Waals surface area contributed by atoms with E-state index in [1.54, 1.807) is 12.0 Å². The minimum Gasteiger partial charge on any atom is -0.496 e. The van der Waals surface area contributed by atoms with E-state index in [0.29, 0.717) is 31.7 Å². The Morgan fingerprint density at radius 1 is 1.06 bits per heavy atom. The molecule has 0 bridgehead atoms. The van der Waals surface area contributed by atoms with Gasteiger partial charge in [0.2, 0.25) is 0 Å². The van der Waals surface area contributed by atoms with Crippen LogP contribution in [0, 0.1) is 0 Å². The summed E-state index contributed by atoms with van der Waals surface area (Å²) >= 11 is 0. The molecule has 1 aliphatic heterocycles. The van der Waals surface area contributed by atoms with Crippen LogP contribution in [-0.2, 0) is 6.54 Å². The summed E-state index contributed by atoms with van der Waals surface area (Å²) in [6, 6.07) is 7.41. The van der Waals surface area contributed by atoms with Gasteiger partial charge in [0.05, 0.1) is 19.4 Å². The van der Waals surface area contributed by atoms with E-state index >= 15 is 0 Å². The van der Waals surface area contributed by atoms with E-state index < -0.39 is 6.09 Å². The zero-order valence-electron chi connectivity index (χ0n) is 18.5. The zero-order valence-corrected chi connectivity index (χ0v) is 18.5. The van der Waals surface area contributed by atoms with Gasteiger partial charge in [0.15, 0.2) is 11.5 Å². The number of hydrogen-bond acceptors (Lipinski definition) is 7. The number of amides is 1. The number of carbonyl (C=O) groups excluding carboxylic acids is 2. The number of ether oxygens (including phenoxy) is 3. The highest BCUT2D eigenvalue weighted by Crippen LogP contribution is 2.27. The molecule has 0 N–H and O–H groups in total. The first-order valence-corrected chi connectivity index (χ1v) is 10.3. The number of Topliss-reactive ketones (excluding diaryl/α,β-unsaturated/α-hetero) is 1. The van der Waals surface area contributed by atoms with E-state index in [1.165, 1.54) is 25.4 Å². The Hall–Kier alpha value is -3.13. The molecule has 1 fully saturated rings. The van der Waals surface area contributed by atoms with Crippen LogP contribution in [0.2, 0.25) is 0 Å². The summed E-state index contributed by atoms with van der Waals surface area (Å²) in [5.41, 5.74) is 1.48. The normalized spacial score (nSPS) is 14.4. The predicted molar refractivity (Wildman–Crippen MR) is 116 cm³/mol. The summed E-state index contributed by atoms with van der Waals surface area (Å²) < 4.78 is 16.7. The van der Waals surface area contributed by atoms with Gasteiger partial charge in [-0.3, -0.25) is 14.7 Å². The van der Waals surface area contributed by atoms with Crippen LogP contribution in [0.1, 0.15) is 36.7 Å². The predicted octanol–water partition coefficient (Wildman–Crippen LogP) is 3.40. The number of carbonyl (C=O) groups is 2. The molecule has 0 saturated carbocycles. The second-order valence-corrected chi connectivity index (χ2v) is 7.74. The molecule has 31 heavy (non-hydrogen) atoms. The molecule has 0 aliphatic carbocycles. The van der Waals surface area contributed by atoms with Crippen LogP contribution >= 0.6 is 0 Å². The molecule has 166 valence electrons. The van der Waals surface area contributed by atoms with E-state index in [0.717, 1.165) is 23.6 Å². The van der Waals surface area contributed by atoms with Gasteiger partial charge in [-0.2, -0.15) is 0 Å². The second kappa shape index (κ2) is 10.3. The molecule has 8 heteroatoms. The Morgan fingerprint density at radius 3 is 2.45 bits per heavy atom. The van der Waals surface area contributed by atoms with Crippen molar-refractivity contribution in [3.8, 4) is 17.2 Å². The largest absolute Gasteiger partial charge is 0.496 e. The first-order valence-electron chi connectivity index (χ1n) is 10.3. The molecule has 1 aromatic carbocycles. The number of aromatic nitrogens is 1. The van der Waals surface area contributed by atoms with Gasteiger partial charge in [-0.05, 0) is 32.9 Å². The van der Waals surface area contributed by atoms with Gasteiger partial charge >= 0.3 is 6.09 Å². The van der Waals surface area contributed by atoms with Crippen LogP contribution in [0.5, 0.6) is 17.2 Å². The van der Waals surface area contributed by atoms with Crippen molar-refractivity contribution in [1.29, 1.82) is 0 Å². The molecule has 1 amide bonds. The number of methoxy groups -OCH3 is 1. The third-order valence-corrected chi connectivity index (χ3v) is 4.98. The average molecular weight is 428 g/mol. The molecule has 2 heterocycles. The molecule has 3 rings (SSSR count). The SMILES string of the molecule is COc1cc(OC(C)C)ccc1CN1CCN(C(=O)Oc2cncc(C(C)=O)c2)CC1. The van der Waals surface area contributed by atoms with Crippen molar-refractivity contribution < 1.29 is 23.8 Å². The van der Waals surface area contributed by atoms with Gasteiger partial charge < -0.3 is 19.1 Å². The maximum atomic E-state index is 12.5. The molecule has 8 nitrogen and oxygen atoms in total. The summed E-state index contributed by atoms with van der Waals surface area (Å²) in [5.74, 6) is 1.72. The lowest BCUT2D eigenvalue weighted by atomic mass is 10.1. The third-order valence-electron chi connectivity index (χ3n) is 4.98. The van der Waals surface area contributed by atoms with Gasteiger partial charge in [-0.15, -0.1) is 0 Å². The number of hydrogen-bond donors (Lipinski definition) is 0. The van der Waals surface area contributed by atoms with Gasteiger partial charge in [-0.25, -0.2) is 4.79 Å². The highest BCUT2D eigenvalue weighted by molar-refractivity contribution is 5.94. The fourth-order valence-corrected chi connectivity index (χ4v) is 3.36. The summed E-state index contributed by atoms with van der Waals surface area (Å²) in [6.45, 7) is 8.68. The van der Waals surface area contributed by atoms with Gasteiger partial charge in [-0.1, -0.05) is 6.07 Å². The average Bonchev–Trinajstić information content (AvgIpc) is 2.75. The van der Waals surface area contributed by atoms with Crippen LogP contribution in [0.15, 0.2) is 36.7 Å². The Bertz CT molecular complexity index is 923. The van der Waals surface area contributed by atoms with Crippen LogP contribution in [0.25, 0.3) is 0 Å². The number of pyridine rings is 1. The van der Waals surface area contributed by atoms with E-state index in [-0.39, 0.29) is 17.6 Å². The standard InChI is InChI=1S/C23H29N3O5/c1-16(2)30-20-6-5-18(22(12-20)29-4)15-25-7-9-26(10-8-25)23(28)31-21-11-19(17(3)27)13-24-14-21/h5-6,11-14,16H,7-10,15H2,1-4H3. The van der Waals surface area contributed by atoms with Crippen molar-refractivity contribution in [2.45, 2.75) is 33.4 Å². The Balaban J connectivity index is 1.54. The summed E-state index contributed by atoms with van der Waals surface area (Å²) in [5, 5.41) is 0. The smallest absolute Gasteiger partial charge is 0.415 e. The molecule has 1 aromatic heterocycles. The van der Waals surface area contributed by atoms with Gasteiger partial charge in [0.25, 0.3) is 0 Å². The molecule has 0 radical (unpaired) electrons. The van der Waals surface area contributed by atoms with Gasteiger partial charge in [0.1, 0.15) is 11.5 Å². The van der Waals surface area contributed by atoms with Crippen molar-refractivity contribution in [2.24, 2.45) is 0 Å². The Morgan fingerprint density at radius 2 is 1.81 bits per heavy atom. The minimum atomic E-state index is -0.435. The lowest BCUT2D eigenvalue weighted by Crippen LogP contribution is -2.49. The molecule has 0 unspecified atom stereocenters. The zero-order chi connectivity index (χ0) is 22.4. The molecule has 1 saturated heterocycles. The fourth-order valence-electron chi connectivity index (χ4n) is 3.36. The minimum absolute atomic E-state index is 0.101. The number of piperazine rings is 1. The first kappa shape index (κ1) is 22.6. The van der Waals surface area contributed by atoms with E-state index in [9.17, 15) is 9.59 Å². The van der Waals surface area contributed by atoms with Crippen molar-refractivity contribution in [3.05, 3.63) is 47.8 Å². The van der Waals surface area contributed by atoms with Crippen molar-refractivity contribution in [3.63, 3.8) is 0 Å². The molecular formula is C23H29N3O5. The van der Waals surface area contributed by atoms with Gasteiger partial charge in [0, 0.05) is 56.1 Å². The van der Waals surface area contributed by atoms with Crippen LogP contribution in [-0.4, -0.2) is 66.1 Å². The molecule has 2 aromatic rings. The quantitative estimate of drug-likeness (QED) is 0.627. The number of ketones is 1. The highest BCUT2D eigenvalue weighted by atomic mass is 16.6. The number of benzene rings is 1. The topological polar surface area (TPSA) is 81.2 Å². The second-order valence-electron chi connectivity index (χ2n) is 7.74. The van der Waals surface area contributed by atoms with Crippen molar-refractivity contribution in [1.82, 2.24) is 14.8 Å². The fraction of sp³-hybridized carbons (Fsp3) is 0.435. The van der Waals surface area contributed by atoms with E-state index in [4.69, 9.17) is 14.2 Å². The Labute approximate surface area is 182 Å². The summed E-state index contributed by atoms with van der Waals surface area (Å²) in [4.78, 5) is 31.8. The van der Waals surface area contributed by atoms with Crippen LogP contribution in [0.3, 0.4) is 0 Å². The monoisotopic (exact) mass is 427 g/mol. The maximum Gasteiger partial charge on any atom is 0.415 e. The van der Waals surface area contributed by atoms with Crippen LogP contribution < -0.4 is 14.2 Å². The summed E-state index contributed by atoms with van der Waals surface area (Å²) in [6.07, 6.45) is 2.55. The van der Waals surface area contributed by atoms with E-state index in [2.05, 4.69) is 9.88 Å².